The minimum absolute atomic E-state index is 0.0317. The number of hydrogen-bond acceptors (Lipinski definition) is 3. The average molecular weight is 315 g/mol. The van der Waals surface area contributed by atoms with Crippen molar-refractivity contribution >= 4 is 21.8 Å². The standard InChI is InChI=1S/C13H19BrN2O2/c1-13(7-3-4-10(13)15)12(17)16(2)8-9-5-6-11(14)18-9/h5-6,10H,3-4,7-8,15H2,1-2H3. The second-order valence-electron chi connectivity index (χ2n) is 5.28. The van der Waals surface area contributed by atoms with Gasteiger partial charge in [-0.3, -0.25) is 4.79 Å². The van der Waals surface area contributed by atoms with Crippen molar-refractivity contribution in [3.8, 4) is 0 Å². The van der Waals surface area contributed by atoms with E-state index in [2.05, 4.69) is 15.9 Å². The van der Waals surface area contributed by atoms with Crippen molar-refractivity contribution in [1.29, 1.82) is 0 Å². The molecule has 1 aromatic rings. The highest BCUT2D eigenvalue weighted by Crippen LogP contribution is 2.38. The summed E-state index contributed by atoms with van der Waals surface area (Å²) in [6, 6.07) is 3.66. The lowest BCUT2D eigenvalue weighted by molar-refractivity contribution is -0.141. The smallest absolute Gasteiger partial charge is 0.230 e. The monoisotopic (exact) mass is 314 g/mol. The zero-order valence-corrected chi connectivity index (χ0v) is 12.4. The third-order valence-corrected chi connectivity index (χ3v) is 4.31. The molecule has 5 heteroatoms. The average Bonchev–Trinajstić information content (AvgIpc) is 2.86. The molecule has 0 saturated heterocycles. The fraction of sp³-hybridized carbons (Fsp3) is 0.615. The lowest BCUT2D eigenvalue weighted by Crippen LogP contribution is -2.47. The van der Waals surface area contributed by atoms with Crippen molar-refractivity contribution in [1.82, 2.24) is 4.90 Å². The lowest BCUT2D eigenvalue weighted by atomic mass is 9.83. The number of carbonyl (C=O) groups excluding carboxylic acids is 1. The molecule has 1 aliphatic rings. The van der Waals surface area contributed by atoms with Crippen LogP contribution in [0.15, 0.2) is 21.2 Å². The molecule has 0 aromatic carbocycles. The summed E-state index contributed by atoms with van der Waals surface area (Å²) in [4.78, 5) is 14.2. The Balaban J connectivity index is 2.05. The molecule has 1 fully saturated rings. The van der Waals surface area contributed by atoms with Crippen LogP contribution in [0, 0.1) is 5.41 Å². The van der Waals surface area contributed by atoms with Gasteiger partial charge in [-0.2, -0.15) is 0 Å². The van der Waals surface area contributed by atoms with E-state index in [-0.39, 0.29) is 11.9 Å². The molecule has 18 heavy (non-hydrogen) atoms. The summed E-state index contributed by atoms with van der Waals surface area (Å²) in [5.41, 5.74) is 5.65. The maximum absolute atomic E-state index is 12.5. The van der Waals surface area contributed by atoms with E-state index in [1.807, 2.05) is 19.1 Å². The largest absolute Gasteiger partial charge is 0.452 e. The molecule has 0 bridgehead atoms. The van der Waals surface area contributed by atoms with E-state index in [4.69, 9.17) is 10.2 Å². The first-order chi connectivity index (χ1) is 8.43. The third-order valence-electron chi connectivity index (χ3n) is 3.89. The number of furan rings is 1. The summed E-state index contributed by atoms with van der Waals surface area (Å²) in [6.07, 6.45) is 2.84. The van der Waals surface area contributed by atoms with Crippen LogP contribution < -0.4 is 5.73 Å². The van der Waals surface area contributed by atoms with Gasteiger partial charge >= 0.3 is 0 Å². The normalized spacial score (nSPS) is 27.4. The molecule has 2 N–H and O–H groups in total. The molecule has 2 rings (SSSR count). The third kappa shape index (κ3) is 2.47. The summed E-state index contributed by atoms with van der Waals surface area (Å²) < 4.78 is 6.10. The molecule has 1 aromatic heterocycles. The van der Waals surface area contributed by atoms with Gasteiger partial charge in [0, 0.05) is 13.1 Å². The summed E-state index contributed by atoms with van der Waals surface area (Å²) in [5.74, 6) is 0.882. The van der Waals surface area contributed by atoms with Crippen LogP contribution in [-0.2, 0) is 11.3 Å². The lowest BCUT2D eigenvalue weighted by Gasteiger charge is -2.32. The molecule has 4 nitrogen and oxygen atoms in total. The van der Waals surface area contributed by atoms with Gasteiger partial charge in [-0.1, -0.05) is 6.42 Å². The van der Waals surface area contributed by atoms with E-state index in [9.17, 15) is 4.79 Å². The molecular weight excluding hydrogens is 296 g/mol. The van der Waals surface area contributed by atoms with E-state index < -0.39 is 5.41 Å². The van der Waals surface area contributed by atoms with Gasteiger partial charge in [-0.05, 0) is 47.8 Å². The molecule has 1 aliphatic carbocycles. The van der Waals surface area contributed by atoms with Crippen molar-refractivity contribution in [2.45, 2.75) is 38.8 Å². The fourth-order valence-electron chi connectivity index (χ4n) is 2.64. The molecule has 1 heterocycles. The highest BCUT2D eigenvalue weighted by molar-refractivity contribution is 9.10. The predicted molar refractivity (Wildman–Crippen MR) is 72.8 cm³/mol. The predicted octanol–water partition coefficient (Wildman–Crippen LogP) is 2.52. The van der Waals surface area contributed by atoms with Crippen molar-refractivity contribution in [2.75, 3.05) is 7.05 Å². The fourth-order valence-corrected chi connectivity index (χ4v) is 2.98. The highest BCUT2D eigenvalue weighted by Gasteiger charge is 2.44. The van der Waals surface area contributed by atoms with Crippen LogP contribution in [0.3, 0.4) is 0 Å². The number of nitrogens with two attached hydrogens (primary N) is 1. The molecule has 100 valence electrons. The van der Waals surface area contributed by atoms with Crippen molar-refractivity contribution in [3.63, 3.8) is 0 Å². The summed E-state index contributed by atoms with van der Waals surface area (Å²) >= 11 is 3.26. The Kier molecular flexibility index (Phi) is 3.82. The molecule has 1 saturated carbocycles. The Bertz CT molecular complexity index is 446. The number of rotatable bonds is 3. The van der Waals surface area contributed by atoms with Crippen molar-refractivity contribution in [2.24, 2.45) is 11.1 Å². The van der Waals surface area contributed by atoms with Gasteiger partial charge < -0.3 is 15.1 Å². The number of amides is 1. The first kappa shape index (κ1) is 13.6. The number of nitrogens with zero attached hydrogens (tertiary/aromatic N) is 1. The zero-order valence-electron chi connectivity index (χ0n) is 10.8. The SMILES string of the molecule is CN(Cc1ccc(Br)o1)C(=O)C1(C)CCCC1N. The molecule has 2 atom stereocenters. The van der Waals surface area contributed by atoms with Crippen LogP contribution in [0.4, 0.5) is 0 Å². The molecule has 0 spiro atoms. The second kappa shape index (κ2) is 5.05. The Hall–Kier alpha value is -0.810. The molecule has 2 unspecified atom stereocenters. The van der Waals surface area contributed by atoms with E-state index in [1.165, 1.54) is 0 Å². The van der Waals surface area contributed by atoms with Crippen molar-refractivity contribution in [3.05, 3.63) is 22.6 Å². The maximum Gasteiger partial charge on any atom is 0.230 e. The van der Waals surface area contributed by atoms with Crippen LogP contribution >= 0.6 is 15.9 Å². The molecule has 0 radical (unpaired) electrons. The van der Waals surface area contributed by atoms with Gasteiger partial charge in [0.2, 0.25) is 5.91 Å². The van der Waals surface area contributed by atoms with Gasteiger partial charge in [0.05, 0.1) is 12.0 Å². The minimum atomic E-state index is -0.418. The first-order valence-electron chi connectivity index (χ1n) is 6.19. The number of carbonyl (C=O) groups is 1. The Morgan fingerprint density at radius 1 is 1.67 bits per heavy atom. The zero-order chi connectivity index (χ0) is 13.3. The summed E-state index contributed by atoms with van der Waals surface area (Å²) in [6.45, 7) is 2.45. The summed E-state index contributed by atoms with van der Waals surface area (Å²) in [7, 11) is 1.80. The van der Waals surface area contributed by atoms with Crippen LogP contribution in [0.5, 0.6) is 0 Å². The first-order valence-corrected chi connectivity index (χ1v) is 6.98. The quantitative estimate of drug-likeness (QED) is 0.932. The molecule has 0 aliphatic heterocycles. The Morgan fingerprint density at radius 2 is 2.39 bits per heavy atom. The van der Waals surface area contributed by atoms with Gasteiger partial charge in [0.25, 0.3) is 0 Å². The Labute approximate surface area is 116 Å². The highest BCUT2D eigenvalue weighted by atomic mass is 79.9. The molecular formula is C13H19BrN2O2. The van der Waals surface area contributed by atoms with E-state index in [1.54, 1.807) is 11.9 Å². The minimum Gasteiger partial charge on any atom is -0.452 e. The van der Waals surface area contributed by atoms with Gasteiger partial charge in [-0.15, -0.1) is 0 Å². The summed E-state index contributed by atoms with van der Waals surface area (Å²) in [5, 5.41) is 0. The van der Waals surface area contributed by atoms with Crippen LogP contribution in [-0.4, -0.2) is 23.9 Å². The maximum atomic E-state index is 12.5. The second-order valence-corrected chi connectivity index (χ2v) is 6.06. The van der Waals surface area contributed by atoms with Gasteiger partial charge in [-0.25, -0.2) is 0 Å². The van der Waals surface area contributed by atoms with Crippen LogP contribution in [0.2, 0.25) is 0 Å². The topological polar surface area (TPSA) is 59.5 Å². The van der Waals surface area contributed by atoms with Crippen molar-refractivity contribution < 1.29 is 9.21 Å². The Morgan fingerprint density at radius 3 is 2.89 bits per heavy atom. The number of hydrogen-bond donors (Lipinski definition) is 1. The molecule has 1 amide bonds. The number of halogens is 1. The van der Waals surface area contributed by atoms with E-state index >= 15 is 0 Å². The van der Waals surface area contributed by atoms with E-state index in [0.29, 0.717) is 11.2 Å². The van der Waals surface area contributed by atoms with Gasteiger partial charge in [0.1, 0.15) is 5.76 Å². The van der Waals surface area contributed by atoms with Crippen LogP contribution in [0.25, 0.3) is 0 Å². The van der Waals surface area contributed by atoms with E-state index in [0.717, 1.165) is 25.0 Å². The van der Waals surface area contributed by atoms with Gasteiger partial charge in [0.15, 0.2) is 4.67 Å². The van der Waals surface area contributed by atoms with Crippen LogP contribution in [0.1, 0.15) is 31.9 Å².